The SMILES string of the molecule is CN1C2CCC1CN(C(=O)C(C)(C)C(=O)O)CC2. The lowest BCUT2D eigenvalue weighted by molar-refractivity contribution is -0.158. The predicted molar refractivity (Wildman–Crippen MR) is 67.2 cm³/mol. The van der Waals surface area contributed by atoms with Gasteiger partial charge in [-0.1, -0.05) is 0 Å². The van der Waals surface area contributed by atoms with Gasteiger partial charge in [0.2, 0.25) is 5.91 Å². The van der Waals surface area contributed by atoms with Crippen molar-refractivity contribution in [2.45, 2.75) is 45.2 Å². The molecule has 2 aliphatic heterocycles. The number of likely N-dealkylation sites (N-methyl/N-ethyl adjacent to an activating group) is 1. The Morgan fingerprint density at radius 3 is 2.39 bits per heavy atom. The number of likely N-dealkylation sites (tertiary alicyclic amines) is 1. The van der Waals surface area contributed by atoms with Crippen molar-refractivity contribution in [1.82, 2.24) is 9.80 Å². The van der Waals surface area contributed by atoms with Crippen molar-refractivity contribution < 1.29 is 14.7 Å². The van der Waals surface area contributed by atoms with E-state index in [2.05, 4.69) is 11.9 Å². The molecular weight excluding hydrogens is 232 g/mol. The summed E-state index contributed by atoms with van der Waals surface area (Å²) in [5.74, 6) is -1.30. The molecule has 2 bridgehead atoms. The maximum Gasteiger partial charge on any atom is 0.318 e. The molecule has 1 N–H and O–H groups in total. The van der Waals surface area contributed by atoms with Crippen molar-refractivity contribution in [3.8, 4) is 0 Å². The van der Waals surface area contributed by atoms with E-state index in [4.69, 9.17) is 5.11 Å². The molecule has 5 nitrogen and oxygen atoms in total. The van der Waals surface area contributed by atoms with Crippen LogP contribution in [0, 0.1) is 5.41 Å². The topological polar surface area (TPSA) is 60.9 Å². The van der Waals surface area contributed by atoms with Crippen molar-refractivity contribution in [3.63, 3.8) is 0 Å². The number of carboxylic acid groups (broad SMARTS) is 1. The summed E-state index contributed by atoms with van der Waals surface area (Å²) >= 11 is 0. The molecule has 2 unspecified atom stereocenters. The van der Waals surface area contributed by atoms with Gasteiger partial charge in [0.05, 0.1) is 0 Å². The molecule has 2 heterocycles. The summed E-state index contributed by atoms with van der Waals surface area (Å²) in [6.45, 7) is 4.33. The van der Waals surface area contributed by atoms with Crippen LogP contribution in [0.5, 0.6) is 0 Å². The lowest BCUT2D eigenvalue weighted by atomic mass is 9.91. The molecule has 1 amide bonds. The van der Waals surface area contributed by atoms with Crippen LogP contribution in [0.25, 0.3) is 0 Å². The minimum atomic E-state index is -1.32. The maximum absolute atomic E-state index is 12.3. The Morgan fingerprint density at radius 1 is 1.17 bits per heavy atom. The van der Waals surface area contributed by atoms with Crippen LogP contribution in [0.1, 0.15) is 33.1 Å². The first kappa shape index (κ1) is 13.3. The van der Waals surface area contributed by atoms with Crippen LogP contribution in [0.4, 0.5) is 0 Å². The molecule has 0 aromatic rings. The van der Waals surface area contributed by atoms with Crippen molar-refractivity contribution in [1.29, 1.82) is 0 Å². The summed E-state index contributed by atoms with van der Waals surface area (Å²) in [4.78, 5) is 27.6. The van der Waals surface area contributed by atoms with Gasteiger partial charge in [0.15, 0.2) is 0 Å². The third kappa shape index (κ3) is 2.11. The van der Waals surface area contributed by atoms with Crippen molar-refractivity contribution in [2.75, 3.05) is 20.1 Å². The zero-order valence-corrected chi connectivity index (χ0v) is 11.3. The molecule has 5 heteroatoms. The fourth-order valence-corrected chi connectivity index (χ4v) is 2.98. The summed E-state index contributed by atoms with van der Waals surface area (Å²) < 4.78 is 0. The minimum Gasteiger partial charge on any atom is -0.480 e. The van der Waals surface area contributed by atoms with Crippen molar-refractivity contribution >= 4 is 11.9 Å². The van der Waals surface area contributed by atoms with Crippen LogP contribution in [0.15, 0.2) is 0 Å². The number of hydrogen-bond acceptors (Lipinski definition) is 3. The number of carbonyl (C=O) groups excluding carboxylic acids is 1. The highest BCUT2D eigenvalue weighted by atomic mass is 16.4. The standard InChI is InChI=1S/C13H22N2O3/c1-13(2,12(17)18)11(16)15-7-6-9-4-5-10(8-15)14(9)3/h9-10H,4-8H2,1-3H3,(H,17,18). The third-order valence-corrected chi connectivity index (χ3v) is 4.50. The number of fused-ring (bicyclic) bond motifs is 2. The average Bonchev–Trinajstić information content (AvgIpc) is 2.52. The molecule has 0 aromatic carbocycles. The van der Waals surface area contributed by atoms with E-state index in [1.807, 2.05) is 0 Å². The lowest BCUT2D eigenvalue weighted by Gasteiger charge is -2.30. The highest BCUT2D eigenvalue weighted by Gasteiger charge is 2.43. The first-order valence-electron chi connectivity index (χ1n) is 6.58. The van der Waals surface area contributed by atoms with Gasteiger partial charge in [0, 0.05) is 25.2 Å². The summed E-state index contributed by atoms with van der Waals surface area (Å²) in [6.07, 6.45) is 3.26. The summed E-state index contributed by atoms with van der Waals surface area (Å²) in [7, 11) is 2.11. The van der Waals surface area contributed by atoms with Gasteiger partial charge >= 0.3 is 5.97 Å². The van der Waals surface area contributed by atoms with Crippen molar-refractivity contribution in [3.05, 3.63) is 0 Å². The molecule has 2 aliphatic rings. The molecule has 102 valence electrons. The fraction of sp³-hybridized carbons (Fsp3) is 0.846. The molecule has 18 heavy (non-hydrogen) atoms. The van der Waals surface area contributed by atoms with E-state index >= 15 is 0 Å². The quantitative estimate of drug-likeness (QED) is 0.740. The molecule has 0 radical (unpaired) electrons. The number of carbonyl (C=O) groups is 2. The van der Waals surface area contributed by atoms with Gasteiger partial charge < -0.3 is 10.0 Å². The second kappa shape index (κ2) is 4.53. The number of amides is 1. The summed E-state index contributed by atoms with van der Waals surface area (Å²) in [5.41, 5.74) is -1.32. The average molecular weight is 254 g/mol. The van der Waals surface area contributed by atoms with E-state index in [0.717, 1.165) is 12.8 Å². The van der Waals surface area contributed by atoms with Gasteiger partial charge in [0.25, 0.3) is 0 Å². The number of nitrogens with zero attached hydrogens (tertiary/aromatic N) is 2. The first-order valence-corrected chi connectivity index (χ1v) is 6.58. The van der Waals surface area contributed by atoms with E-state index in [-0.39, 0.29) is 5.91 Å². The smallest absolute Gasteiger partial charge is 0.318 e. The molecule has 2 rings (SSSR count). The van der Waals surface area contributed by atoms with Gasteiger partial charge in [0.1, 0.15) is 5.41 Å². The molecule has 0 aromatic heterocycles. The Kier molecular flexibility index (Phi) is 3.36. The molecule has 2 fully saturated rings. The zero-order valence-electron chi connectivity index (χ0n) is 11.3. The molecular formula is C13H22N2O3. The van der Waals surface area contributed by atoms with Crippen molar-refractivity contribution in [2.24, 2.45) is 5.41 Å². The maximum atomic E-state index is 12.3. The highest BCUT2D eigenvalue weighted by molar-refractivity contribution is 6.01. The second-order valence-corrected chi connectivity index (χ2v) is 6.02. The Labute approximate surface area is 108 Å². The summed E-state index contributed by atoms with van der Waals surface area (Å²) in [5, 5.41) is 9.14. The van der Waals surface area contributed by atoms with E-state index in [9.17, 15) is 9.59 Å². The molecule has 0 spiro atoms. The fourth-order valence-electron chi connectivity index (χ4n) is 2.98. The van der Waals surface area contributed by atoms with Crippen LogP contribution in [0.2, 0.25) is 0 Å². The number of hydrogen-bond donors (Lipinski definition) is 1. The first-order chi connectivity index (χ1) is 8.34. The van der Waals surface area contributed by atoms with Gasteiger partial charge in [-0.15, -0.1) is 0 Å². The Balaban J connectivity index is 2.11. The lowest BCUT2D eigenvalue weighted by Crippen LogP contribution is -2.48. The number of aliphatic carboxylic acids is 1. The normalized spacial score (nSPS) is 29.2. The monoisotopic (exact) mass is 254 g/mol. The molecule has 2 saturated heterocycles. The predicted octanol–water partition coefficient (Wildman–Crippen LogP) is 0.792. The van der Waals surface area contributed by atoms with E-state index in [1.165, 1.54) is 20.3 Å². The van der Waals surface area contributed by atoms with E-state index < -0.39 is 11.4 Å². The van der Waals surface area contributed by atoms with Crippen LogP contribution in [-0.2, 0) is 9.59 Å². The third-order valence-electron chi connectivity index (χ3n) is 4.50. The van der Waals surface area contributed by atoms with Crippen LogP contribution < -0.4 is 0 Å². The Morgan fingerprint density at radius 2 is 1.78 bits per heavy atom. The second-order valence-electron chi connectivity index (χ2n) is 6.02. The van der Waals surface area contributed by atoms with E-state index in [0.29, 0.717) is 25.2 Å². The van der Waals surface area contributed by atoms with Crippen LogP contribution >= 0.6 is 0 Å². The largest absolute Gasteiger partial charge is 0.480 e. The van der Waals surface area contributed by atoms with Gasteiger partial charge in [-0.05, 0) is 40.2 Å². The minimum absolute atomic E-state index is 0.254. The zero-order chi connectivity index (χ0) is 13.5. The van der Waals surface area contributed by atoms with Gasteiger partial charge in [-0.25, -0.2) is 0 Å². The summed E-state index contributed by atoms with van der Waals surface area (Å²) in [6, 6.07) is 0.951. The molecule has 0 aliphatic carbocycles. The van der Waals surface area contributed by atoms with E-state index in [1.54, 1.807) is 4.90 Å². The van der Waals surface area contributed by atoms with Crippen LogP contribution in [0.3, 0.4) is 0 Å². The van der Waals surface area contributed by atoms with Gasteiger partial charge in [-0.3, -0.25) is 14.5 Å². The van der Waals surface area contributed by atoms with Gasteiger partial charge in [-0.2, -0.15) is 0 Å². The van der Waals surface area contributed by atoms with Crippen LogP contribution in [-0.4, -0.2) is 59.0 Å². The Bertz CT molecular complexity index is 367. The number of carboxylic acids is 1. The number of rotatable bonds is 2. The molecule has 0 saturated carbocycles. The Hall–Kier alpha value is -1.10. The molecule has 2 atom stereocenters. The highest BCUT2D eigenvalue weighted by Crippen LogP contribution is 2.30.